The summed E-state index contributed by atoms with van der Waals surface area (Å²) in [7, 11) is 0. The van der Waals surface area contributed by atoms with Gasteiger partial charge in [0.25, 0.3) is 5.91 Å². The van der Waals surface area contributed by atoms with Crippen molar-refractivity contribution in [3.63, 3.8) is 0 Å². The van der Waals surface area contributed by atoms with E-state index in [1.807, 2.05) is 30.3 Å². The molecule has 1 aromatic rings. The maximum atomic E-state index is 11.8. The molecule has 4 heteroatoms. The van der Waals surface area contributed by atoms with Gasteiger partial charge in [-0.3, -0.25) is 9.63 Å². The van der Waals surface area contributed by atoms with Crippen LogP contribution in [0.4, 0.5) is 0 Å². The van der Waals surface area contributed by atoms with Gasteiger partial charge in [0.1, 0.15) is 6.10 Å². The van der Waals surface area contributed by atoms with Crippen molar-refractivity contribution < 1.29 is 14.4 Å². The van der Waals surface area contributed by atoms with Crippen LogP contribution in [-0.4, -0.2) is 18.1 Å². The summed E-state index contributed by atoms with van der Waals surface area (Å²) in [6, 6.07) is 9.80. The summed E-state index contributed by atoms with van der Waals surface area (Å²) < 4.78 is 5.51. The third-order valence-electron chi connectivity index (χ3n) is 3.34. The van der Waals surface area contributed by atoms with Crippen molar-refractivity contribution in [3.8, 4) is 0 Å². The quantitative estimate of drug-likeness (QED) is 0.802. The number of nitrogens with one attached hydrogen (secondary N) is 1. The Balaban J connectivity index is 1.67. The topological polar surface area (TPSA) is 47.6 Å². The van der Waals surface area contributed by atoms with Crippen LogP contribution in [0.1, 0.15) is 38.2 Å². The highest BCUT2D eigenvalue weighted by Gasteiger charge is 2.19. The molecule has 0 radical (unpaired) electrons. The highest BCUT2D eigenvalue weighted by molar-refractivity contribution is 5.79. The van der Waals surface area contributed by atoms with Gasteiger partial charge in [-0.05, 0) is 25.3 Å². The van der Waals surface area contributed by atoms with E-state index in [1.54, 1.807) is 6.92 Å². The maximum absolute atomic E-state index is 11.8. The molecule has 104 valence electrons. The van der Waals surface area contributed by atoms with Gasteiger partial charge in [0.15, 0.2) is 0 Å². The molecule has 0 saturated heterocycles. The predicted molar refractivity (Wildman–Crippen MR) is 72.2 cm³/mol. The first-order chi connectivity index (χ1) is 9.25. The standard InChI is InChI=1S/C15H21NO3/c1-12(18-11-13-7-3-2-4-8-13)15(17)16-19-14-9-5-6-10-14/h2-4,7-8,12,14H,5-6,9-11H2,1H3,(H,16,17). The zero-order valence-corrected chi connectivity index (χ0v) is 11.3. The lowest BCUT2D eigenvalue weighted by atomic mass is 10.2. The van der Waals surface area contributed by atoms with Crippen molar-refractivity contribution >= 4 is 5.91 Å². The highest BCUT2D eigenvalue weighted by atomic mass is 16.7. The zero-order valence-electron chi connectivity index (χ0n) is 11.3. The van der Waals surface area contributed by atoms with E-state index in [0.717, 1.165) is 18.4 Å². The van der Waals surface area contributed by atoms with Crippen LogP contribution in [-0.2, 0) is 21.0 Å². The van der Waals surface area contributed by atoms with Crippen molar-refractivity contribution in [1.29, 1.82) is 0 Å². The summed E-state index contributed by atoms with van der Waals surface area (Å²) in [5.41, 5.74) is 3.55. The molecule has 1 aromatic carbocycles. The molecule has 1 fully saturated rings. The fourth-order valence-corrected chi connectivity index (χ4v) is 2.10. The Hall–Kier alpha value is -1.39. The highest BCUT2D eigenvalue weighted by Crippen LogP contribution is 2.19. The number of rotatable bonds is 6. The Bertz CT molecular complexity index is 388. The van der Waals surface area contributed by atoms with Crippen molar-refractivity contribution in [2.75, 3.05) is 0 Å². The van der Waals surface area contributed by atoms with Gasteiger partial charge in [0, 0.05) is 0 Å². The molecule has 0 bridgehead atoms. The second-order valence-corrected chi connectivity index (χ2v) is 4.93. The van der Waals surface area contributed by atoms with Crippen LogP contribution in [0.5, 0.6) is 0 Å². The molecule has 19 heavy (non-hydrogen) atoms. The molecule has 0 heterocycles. The van der Waals surface area contributed by atoms with Crippen LogP contribution in [0.2, 0.25) is 0 Å². The van der Waals surface area contributed by atoms with E-state index in [1.165, 1.54) is 12.8 Å². The zero-order chi connectivity index (χ0) is 13.5. The molecule has 1 amide bonds. The normalized spacial score (nSPS) is 17.3. The van der Waals surface area contributed by atoms with Gasteiger partial charge < -0.3 is 4.74 Å². The monoisotopic (exact) mass is 263 g/mol. The summed E-state index contributed by atoms with van der Waals surface area (Å²) in [5.74, 6) is -0.220. The van der Waals surface area contributed by atoms with Crippen molar-refractivity contribution in [2.24, 2.45) is 0 Å². The van der Waals surface area contributed by atoms with E-state index in [0.29, 0.717) is 6.61 Å². The molecular formula is C15H21NO3. The minimum atomic E-state index is -0.512. The van der Waals surface area contributed by atoms with Crippen LogP contribution >= 0.6 is 0 Å². The van der Waals surface area contributed by atoms with Crippen molar-refractivity contribution in [2.45, 2.75) is 51.4 Å². The largest absolute Gasteiger partial charge is 0.364 e. The molecule has 1 N–H and O–H groups in total. The number of hydrogen-bond donors (Lipinski definition) is 1. The van der Waals surface area contributed by atoms with Crippen LogP contribution in [0, 0.1) is 0 Å². The summed E-state index contributed by atoms with van der Waals surface area (Å²) in [6.07, 6.45) is 4.08. The first-order valence-corrected chi connectivity index (χ1v) is 6.87. The number of carbonyl (C=O) groups excluding carboxylic acids is 1. The molecule has 0 aliphatic heterocycles. The fraction of sp³-hybridized carbons (Fsp3) is 0.533. The SMILES string of the molecule is CC(OCc1ccccc1)C(=O)NOC1CCCC1. The number of carbonyl (C=O) groups is 1. The lowest BCUT2D eigenvalue weighted by Crippen LogP contribution is -2.36. The first-order valence-electron chi connectivity index (χ1n) is 6.87. The Morgan fingerprint density at radius 1 is 1.32 bits per heavy atom. The molecular weight excluding hydrogens is 242 g/mol. The second-order valence-electron chi connectivity index (χ2n) is 4.93. The minimum Gasteiger partial charge on any atom is -0.364 e. The molecule has 4 nitrogen and oxygen atoms in total. The van der Waals surface area contributed by atoms with Crippen LogP contribution in [0.3, 0.4) is 0 Å². The van der Waals surface area contributed by atoms with Gasteiger partial charge in [-0.1, -0.05) is 43.2 Å². The molecule has 1 unspecified atom stereocenters. The van der Waals surface area contributed by atoms with E-state index in [-0.39, 0.29) is 12.0 Å². The van der Waals surface area contributed by atoms with Gasteiger partial charge in [-0.25, -0.2) is 5.48 Å². The Morgan fingerprint density at radius 3 is 2.68 bits per heavy atom. The number of hydrogen-bond acceptors (Lipinski definition) is 3. The van der Waals surface area contributed by atoms with Gasteiger partial charge in [-0.2, -0.15) is 0 Å². The third-order valence-corrected chi connectivity index (χ3v) is 3.34. The first kappa shape index (κ1) is 14.0. The average molecular weight is 263 g/mol. The molecule has 0 aromatic heterocycles. The maximum Gasteiger partial charge on any atom is 0.272 e. The van der Waals surface area contributed by atoms with Gasteiger partial charge >= 0.3 is 0 Å². The summed E-state index contributed by atoms with van der Waals surface area (Å²) in [5, 5.41) is 0. The van der Waals surface area contributed by atoms with Crippen LogP contribution < -0.4 is 5.48 Å². The molecule has 0 spiro atoms. The molecule has 1 saturated carbocycles. The fourth-order valence-electron chi connectivity index (χ4n) is 2.10. The lowest BCUT2D eigenvalue weighted by Gasteiger charge is -2.15. The lowest BCUT2D eigenvalue weighted by molar-refractivity contribution is -0.149. The second kappa shape index (κ2) is 7.26. The van der Waals surface area contributed by atoms with E-state index < -0.39 is 6.10 Å². The molecule has 1 aliphatic carbocycles. The number of hydroxylamine groups is 1. The molecule has 2 rings (SSSR count). The average Bonchev–Trinajstić information content (AvgIpc) is 2.96. The van der Waals surface area contributed by atoms with E-state index >= 15 is 0 Å². The number of benzene rings is 1. The van der Waals surface area contributed by atoms with E-state index in [4.69, 9.17) is 9.57 Å². The number of ether oxygens (including phenoxy) is 1. The smallest absolute Gasteiger partial charge is 0.272 e. The molecule has 1 atom stereocenters. The van der Waals surface area contributed by atoms with Crippen LogP contribution in [0.15, 0.2) is 30.3 Å². The van der Waals surface area contributed by atoms with Gasteiger partial charge in [-0.15, -0.1) is 0 Å². The Kier molecular flexibility index (Phi) is 5.36. The van der Waals surface area contributed by atoms with E-state index in [2.05, 4.69) is 5.48 Å². The summed E-state index contributed by atoms with van der Waals surface area (Å²) >= 11 is 0. The van der Waals surface area contributed by atoms with Gasteiger partial charge in [0.05, 0.1) is 12.7 Å². The molecule has 1 aliphatic rings. The van der Waals surface area contributed by atoms with Crippen molar-refractivity contribution in [3.05, 3.63) is 35.9 Å². The summed E-state index contributed by atoms with van der Waals surface area (Å²) in [4.78, 5) is 17.1. The Morgan fingerprint density at radius 2 is 2.00 bits per heavy atom. The van der Waals surface area contributed by atoms with Gasteiger partial charge in [0.2, 0.25) is 0 Å². The van der Waals surface area contributed by atoms with E-state index in [9.17, 15) is 4.79 Å². The van der Waals surface area contributed by atoms with Crippen LogP contribution in [0.25, 0.3) is 0 Å². The summed E-state index contributed by atoms with van der Waals surface area (Å²) in [6.45, 7) is 2.16. The predicted octanol–water partition coefficient (Wildman–Crippen LogP) is 2.58. The third kappa shape index (κ3) is 4.65. The minimum absolute atomic E-state index is 0.172. The van der Waals surface area contributed by atoms with Crippen molar-refractivity contribution in [1.82, 2.24) is 5.48 Å². The Labute approximate surface area is 114 Å². The number of amides is 1.